The lowest BCUT2D eigenvalue weighted by atomic mass is 10.2. The number of hydrogen-bond acceptors (Lipinski definition) is 2. The zero-order chi connectivity index (χ0) is 11.0. The van der Waals surface area contributed by atoms with Crippen LogP contribution in [0.2, 0.25) is 10.0 Å². The van der Waals surface area contributed by atoms with Gasteiger partial charge in [-0.3, -0.25) is 0 Å². The van der Waals surface area contributed by atoms with Crippen molar-refractivity contribution in [3.63, 3.8) is 0 Å². The summed E-state index contributed by atoms with van der Waals surface area (Å²) in [6, 6.07) is 5.39. The van der Waals surface area contributed by atoms with E-state index < -0.39 is 0 Å². The van der Waals surface area contributed by atoms with Crippen molar-refractivity contribution in [2.45, 2.75) is 32.3 Å². The third kappa shape index (κ3) is 2.28. The van der Waals surface area contributed by atoms with Crippen LogP contribution in [0.15, 0.2) is 18.2 Å². The van der Waals surface area contributed by atoms with Gasteiger partial charge in [-0.2, -0.15) is 0 Å². The van der Waals surface area contributed by atoms with Gasteiger partial charge in [0.05, 0.1) is 22.3 Å². The first-order valence-corrected chi connectivity index (χ1v) is 5.59. The molecule has 2 atom stereocenters. The molecule has 1 heterocycles. The first-order valence-electron chi connectivity index (χ1n) is 4.84. The molecule has 1 aliphatic rings. The lowest BCUT2D eigenvalue weighted by Crippen LogP contribution is -2.13. The van der Waals surface area contributed by atoms with Crippen molar-refractivity contribution < 1.29 is 9.47 Å². The summed E-state index contributed by atoms with van der Waals surface area (Å²) in [5.41, 5.74) is 0.903. The van der Waals surface area contributed by atoms with Gasteiger partial charge in [0.1, 0.15) is 0 Å². The molecule has 4 heteroatoms. The Kier molecular flexibility index (Phi) is 3.21. The molecule has 1 saturated heterocycles. The van der Waals surface area contributed by atoms with Crippen LogP contribution in [0.5, 0.6) is 0 Å². The van der Waals surface area contributed by atoms with Gasteiger partial charge in [0.15, 0.2) is 6.29 Å². The third-order valence-electron chi connectivity index (χ3n) is 2.55. The topological polar surface area (TPSA) is 18.5 Å². The summed E-state index contributed by atoms with van der Waals surface area (Å²) in [7, 11) is 0. The molecule has 1 fully saturated rings. The summed E-state index contributed by atoms with van der Waals surface area (Å²) < 4.78 is 11.3. The van der Waals surface area contributed by atoms with Crippen LogP contribution in [0.1, 0.15) is 25.7 Å². The first kappa shape index (κ1) is 11.2. The molecule has 1 aromatic carbocycles. The molecule has 0 aliphatic carbocycles. The Morgan fingerprint density at radius 1 is 1.00 bits per heavy atom. The predicted octanol–water partition coefficient (Wildman–Crippen LogP) is 3.82. The van der Waals surface area contributed by atoms with Crippen LogP contribution in [0.4, 0.5) is 0 Å². The summed E-state index contributed by atoms with van der Waals surface area (Å²) in [5.74, 6) is 0. The number of benzene rings is 1. The van der Waals surface area contributed by atoms with Crippen LogP contribution in [0.25, 0.3) is 0 Å². The predicted molar refractivity (Wildman–Crippen MR) is 60.3 cm³/mol. The largest absolute Gasteiger partial charge is 0.343 e. The fourth-order valence-corrected chi connectivity index (χ4v) is 1.77. The Labute approximate surface area is 99.1 Å². The molecule has 2 rings (SSSR count). The van der Waals surface area contributed by atoms with E-state index in [4.69, 9.17) is 32.7 Å². The summed E-state index contributed by atoms with van der Waals surface area (Å²) >= 11 is 11.8. The molecule has 0 spiro atoms. The second-order valence-corrected chi connectivity index (χ2v) is 4.50. The highest BCUT2D eigenvalue weighted by Crippen LogP contribution is 2.33. The molecule has 0 amide bonds. The summed E-state index contributed by atoms with van der Waals surface area (Å²) in [6.07, 6.45) is -0.126. The molecule has 82 valence electrons. The fraction of sp³-hybridized carbons (Fsp3) is 0.455. The van der Waals surface area contributed by atoms with Crippen LogP contribution in [-0.2, 0) is 9.47 Å². The average Bonchev–Trinajstić information content (AvgIpc) is 2.52. The molecular weight excluding hydrogens is 235 g/mol. The van der Waals surface area contributed by atoms with E-state index in [-0.39, 0.29) is 18.5 Å². The van der Waals surface area contributed by atoms with E-state index in [0.717, 1.165) is 5.56 Å². The minimum absolute atomic E-state index is 0.101. The van der Waals surface area contributed by atoms with E-state index in [9.17, 15) is 0 Å². The highest BCUT2D eigenvalue weighted by molar-refractivity contribution is 6.42. The standard InChI is InChI=1S/C11H12Cl2O2/c1-6-7(2)15-11(14-6)8-3-4-9(12)10(13)5-8/h3-7,11H,1-2H3/t6-,7-/m0/s1. The maximum atomic E-state index is 5.92. The normalized spacial score (nSPS) is 27.2. The highest BCUT2D eigenvalue weighted by atomic mass is 35.5. The Bertz CT molecular complexity index is 358. The van der Waals surface area contributed by atoms with Crippen molar-refractivity contribution in [2.24, 2.45) is 0 Å². The van der Waals surface area contributed by atoms with Gasteiger partial charge in [-0.1, -0.05) is 29.3 Å². The first-order chi connectivity index (χ1) is 7.08. The van der Waals surface area contributed by atoms with E-state index in [1.165, 1.54) is 0 Å². The average molecular weight is 247 g/mol. The minimum atomic E-state index is -0.329. The van der Waals surface area contributed by atoms with Crippen molar-refractivity contribution in [3.8, 4) is 0 Å². The number of ether oxygens (including phenoxy) is 2. The zero-order valence-electron chi connectivity index (χ0n) is 8.54. The smallest absolute Gasteiger partial charge is 0.184 e. The van der Waals surface area contributed by atoms with Crippen LogP contribution in [-0.4, -0.2) is 12.2 Å². The van der Waals surface area contributed by atoms with Crippen molar-refractivity contribution in [1.29, 1.82) is 0 Å². The molecule has 0 radical (unpaired) electrons. The van der Waals surface area contributed by atoms with E-state index >= 15 is 0 Å². The number of rotatable bonds is 1. The molecule has 0 bridgehead atoms. The lowest BCUT2D eigenvalue weighted by molar-refractivity contribution is -0.0652. The second-order valence-electron chi connectivity index (χ2n) is 3.69. The Morgan fingerprint density at radius 2 is 1.60 bits per heavy atom. The van der Waals surface area contributed by atoms with Crippen molar-refractivity contribution in [1.82, 2.24) is 0 Å². The fourth-order valence-electron chi connectivity index (χ4n) is 1.46. The van der Waals surface area contributed by atoms with E-state index in [1.807, 2.05) is 19.9 Å². The molecule has 0 aromatic heterocycles. The molecule has 2 nitrogen and oxygen atoms in total. The third-order valence-corrected chi connectivity index (χ3v) is 3.29. The van der Waals surface area contributed by atoms with Crippen molar-refractivity contribution in [2.75, 3.05) is 0 Å². The molecule has 0 N–H and O–H groups in total. The molecule has 1 aliphatic heterocycles. The number of halogens is 2. The molecular formula is C11H12Cl2O2. The van der Waals surface area contributed by atoms with Crippen LogP contribution >= 0.6 is 23.2 Å². The second kappa shape index (κ2) is 4.30. The zero-order valence-corrected chi connectivity index (χ0v) is 10.0. The monoisotopic (exact) mass is 246 g/mol. The van der Waals surface area contributed by atoms with E-state index in [1.54, 1.807) is 12.1 Å². The van der Waals surface area contributed by atoms with Gasteiger partial charge in [-0.25, -0.2) is 0 Å². The SMILES string of the molecule is C[C@@H]1OC(c2ccc(Cl)c(Cl)c2)O[C@H]1C. The van der Waals surface area contributed by atoms with Gasteiger partial charge in [-0.15, -0.1) is 0 Å². The Balaban J connectivity index is 2.20. The van der Waals surface area contributed by atoms with E-state index in [0.29, 0.717) is 10.0 Å². The van der Waals surface area contributed by atoms with Crippen molar-refractivity contribution >= 4 is 23.2 Å². The Hall–Kier alpha value is -0.280. The number of hydrogen-bond donors (Lipinski definition) is 0. The van der Waals surface area contributed by atoms with Crippen LogP contribution < -0.4 is 0 Å². The van der Waals surface area contributed by atoms with Gasteiger partial charge < -0.3 is 9.47 Å². The maximum absolute atomic E-state index is 5.92. The summed E-state index contributed by atoms with van der Waals surface area (Å²) in [4.78, 5) is 0. The maximum Gasteiger partial charge on any atom is 0.184 e. The molecule has 0 saturated carbocycles. The van der Waals surface area contributed by atoms with Gasteiger partial charge in [0.2, 0.25) is 0 Å². The highest BCUT2D eigenvalue weighted by Gasteiger charge is 2.30. The van der Waals surface area contributed by atoms with Crippen LogP contribution in [0.3, 0.4) is 0 Å². The van der Waals surface area contributed by atoms with Gasteiger partial charge in [-0.05, 0) is 26.0 Å². The summed E-state index contributed by atoms with van der Waals surface area (Å²) in [5, 5.41) is 1.06. The van der Waals surface area contributed by atoms with Crippen molar-refractivity contribution in [3.05, 3.63) is 33.8 Å². The van der Waals surface area contributed by atoms with Gasteiger partial charge in [0, 0.05) is 5.56 Å². The molecule has 15 heavy (non-hydrogen) atoms. The summed E-state index contributed by atoms with van der Waals surface area (Å²) in [6.45, 7) is 3.98. The van der Waals surface area contributed by atoms with E-state index in [2.05, 4.69) is 0 Å². The lowest BCUT2D eigenvalue weighted by Gasteiger charge is -2.10. The van der Waals surface area contributed by atoms with Gasteiger partial charge in [0.25, 0.3) is 0 Å². The van der Waals surface area contributed by atoms with Gasteiger partial charge >= 0.3 is 0 Å². The quantitative estimate of drug-likeness (QED) is 0.751. The molecule has 0 unspecified atom stereocenters. The molecule has 1 aromatic rings. The van der Waals surface area contributed by atoms with Crippen LogP contribution in [0, 0.1) is 0 Å². The minimum Gasteiger partial charge on any atom is -0.343 e. The Morgan fingerprint density at radius 3 is 2.13 bits per heavy atom.